The van der Waals surface area contributed by atoms with Crippen molar-refractivity contribution in [1.29, 1.82) is 0 Å². The van der Waals surface area contributed by atoms with Gasteiger partial charge in [0.15, 0.2) is 0 Å². The predicted molar refractivity (Wildman–Crippen MR) is 50.8 cm³/mol. The van der Waals surface area contributed by atoms with Crippen molar-refractivity contribution in [1.82, 2.24) is 0 Å². The third kappa shape index (κ3) is 3.10. The molecule has 0 bridgehead atoms. The van der Waals surface area contributed by atoms with Crippen LogP contribution in [-0.4, -0.2) is 11.9 Å². The maximum absolute atomic E-state index is 10.3. The van der Waals surface area contributed by atoms with Gasteiger partial charge in [-0.2, -0.15) is 0 Å². The molecule has 1 N–H and O–H groups in total. The van der Waals surface area contributed by atoms with Crippen molar-refractivity contribution >= 4 is 28.3 Å². The van der Waals surface area contributed by atoms with Crippen LogP contribution in [0.5, 0.6) is 0 Å². The number of carbonyl (C=O) groups excluding carboxylic acids is 2. The molecule has 0 aliphatic heterocycles. The van der Waals surface area contributed by atoms with E-state index in [1.165, 1.54) is 11.3 Å². The second-order valence-electron chi connectivity index (χ2n) is 2.69. The lowest BCUT2D eigenvalue weighted by Crippen LogP contribution is -2.36. The van der Waals surface area contributed by atoms with Crippen molar-refractivity contribution in [2.75, 3.05) is 5.32 Å². The van der Waals surface area contributed by atoms with Crippen molar-refractivity contribution in [3.05, 3.63) is 28.8 Å². The number of carboxylic acid groups (broad SMARTS) is 2. The summed E-state index contributed by atoms with van der Waals surface area (Å²) in [5, 5.41) is 23.9. The molecule has 0 saturated carbocycles. The molecule has 0 aromatic carbocycles. The zero-order chi connectivity index (χ0) is 11.4. The van der Waals surface area contributed by atoms with E-state index in [1.807, 2.05) is 13.0 Å². The van der Waals surface area contributed by atoms with Crippen LogP contribution >= 0.6 is 11.3 Å². The Hall–Kier alpha value is -1.82. The molecule has 5 nitrogen and oxygen atoms in total. The van der Waals surface area contributed by atoms with Gasteiger partial charge >= 0.3 is 0 Å². The van der Waals surface area contributed by atoms with Gasteiger partial charge in [0.1, 0.15) is 0 Å². The fourth-order valence-corrected chi connectivity index (χ4v) is 1.59. The number of carboxylic acids is 2. The Bertz CT molecular complexity index is 406. The van der Waals surface area contributed by atoms with Crippen LogP contribution in [0.4, 0.5) is 5.00 Å². The number of thiophene rings is 1. The molecule has 0 spiro atoms. The second kappa shape index (κ2) is 4.61. The van der Waals surface area contributed by atoms with E-state index in [4.69, 9.17) is 0 Å². The molecule has 1 rings (SSSR count). The largest absolute Gasteiger partial charge is 0.545 e. The monoisotopic (exact) mass is 225 g/mol. The molecule has 0 radical (unpaired) electrons. The molecule has 15 heavy (non-hydrogen) atoms. The van der Waals surface area contributed by atoms with E-state index in [9.17, 15) is 19.8 Å². The SMILES string of the molecule is Cc1ccc(NC=C(C(=O)[O-])C(=O)[O-])s1. The number of aryl methyl sites for hydroxylation is 1. The van der Waals surface area contributed by atoms with Gasteiger partial charge in [-0.05, 0) is 19.1 Å². The van der Waals surface area contributed by atoms with E-state index in [0.717, 1.165) is 11.1 Å². The smallest absolute Gasteiger partial charge is 0.0924 e. The van der Waals surface area contributed by atoms with Crippen molar-refractivity contribution in [2.45, 2.75) is 6.92 Å². The molecule has 0 aliphatic rings. The second-order valence-corrected chi connectivity index (χ2v) is 3.98. The Morgan fingerprint density at radius 2 is 1.93 bits per heavy atom. The summed E-state index contributed by atoms with van der Waals surface area (Å²) in [5.74, 6) is -3.56. The Labute approximate surface area is 89.7 Å². The summed E-state index contributed by atoms with van der Waals surface area (Å²) in [4.78, 5) is 21.7. The lowest BCUT2D eigenvalue weighted by Gasteiger charge is -2.09. The Morgan fingerprint density at radius 1 is 1.33 bits per heavy atom. The zero-order valence-electron chi connectivity index (χ0n) is 7.77. The number of carbonyl (C=O) groups is 2. The van der Waals surface area contributed by atoms with Gasteiger partial charge in [-0.1, -0.05) is 0 Å². The molecule has 0 aliphatic carbocycles. The molecule has 0 saturated heterocycles. The topological polar surface area (TPSA) is 92.3 Å². The molecule has 0 fully saturated rings. The van der Waals surface area contributed by atoms with E-state index < -0.39 is 17.5 Å². The maximum atomic E-state index is 10.3. The lowest BCUT2D eigenvalue weighted by molar-refractivity contribution is -0.312. The average Bonchev–Trinajstić information content (AvgIpc) is 2.50. The normalized spacial score (nSPS) is 9.40. The molecule has 80 valence electrons. The number of rotatable bonds is 4. The van der Waals surface area contributed by atoms with Crippen molar-refractivity contribution in [2.24, 2.45) is 0 Å². The first-order chi connectivity index (χ1) is 7.00. The quantitative estimate of drug-likeness (QED) is 0.397. The molecule has 1 heterocycles. The highest BCUT2D eigenvalue weighted by atomic mass is 32.1. The van der Waals surface area contributed by atoms with Crippen LogP contribution in [0, 0.1) is 6.92 Å². The first kappa shape index (κ1) is 11.3. The predicted octanol–water partition coefficient (Wildman–Crippen LogP) is -1.15. The number of aliphatic carboxylic acids is 2. The zero-order valence-corrected chi connectivity index (χ0v) is 8.59. The standard InChI is InChI=1S/C9H9NO4S/c1-5-2-3-7(15-5)10-4-6(8(11)12)9(13)14/h2-4,10H,1H3,(H,11,12)(H,13,14)/p-2. The van der Waals surface area contributed by atoms with E-state index in [1.54, 1.807) is 6.07 Å². The third-order valence-corrected chi connectivity index (χ3v) is 2.47. The minimum absolute atomic E-state index is 0.646. The van der Waals surface area contributed by atoms with Crippen molar-refractivity contribution in [3.63, 3.8) is 0 Å². The summed E-state index contributed by atoms with van der Waals surface area (Å²) >= 11 is 1.37. The first-order valence-corrected chi connectivity index (χ1v) is 4.78. The summed E-state index contributed by atoms with van der Waals surface area (Å²) in [5.41, 5.74) is -0.916. The number of nitrogens with one attached hydrogen (secondary N) is 1. The molecule has 1 aromatic rings. The first-order valence-electron chi connectivity index (χ1n) is 3.96. The fraction of sp³-hybridized carbons (Fsp3) is 0.111. The molecular weight excluding hydrogens is 218 g/mol. The van der Waals surface area contributed by atoms with Crippen LogP contribution in [0.1, 0.15) is 4.88 Å². The molecular formula is C9H7NO4S-2. The van der Waals surface area contributed by atoms with Gasteiger partial charge in [-0.15, -0.1) is 11.3 Å². The minimum Gasteiger partial charge on any atom is -0.545 e. The van der Waals surface area contributed by atoms with Gasteiger partial charge < -0.3 is 25.1 Å². The molecule has 0 unspecified atom stereocenters. The van der Waals surface area contributed by atoms with Crippen LogP contribution in [0.25, 0.3) is 0 Å². The van der Waals surface area contributed by atoms with Crippen LogP contribution in [0.15, 0.2) is 23.9 Å². The van der Waals surface area contributed by atoms with Crippen molar-refractivity contribution in [3.8, 4) is 0 Å². The minimum atomic E-state index is -1.78. The number of hydrogen-bond acceptors (Lipinski definition) is 6. The van der Waals surface area contributed by atoms with Crippen LogP contribution in [-0.2, 0) is 9.59 Å². The lowest BCUT2D eigenvalue weighted by atomic mass is 10.3. The fourth-order valence-electron chi connectivity index (χ4n) is 0.857. The Kier molecular flexibility index (Phi) is 3.46. The summed E-state index contributed by atoms with van der Waals surface area (Å²) in [6.45, 7) is 1.87. The highest BCUT2D eigenvalue weighted by molar-refractivity contribution is 7.16. The van der Waals surface area contributed by atoms with E-state index >= 15 is 0 Å². The highest BCUT2D eigenvalue weighted by Crippen LogP contribution is 2.20. The van der Waals surface area contributed by atoms with Gasteiger partial charge in [-0.3, -0.25) is 0 Å². The molecule has 0 amide bonds. The summed E-state index contributed by atoms with van der Waals surface area (Å²) in [6, 6.07) is 3.53. The third-order valence-electron chi connectivity index (χ3n) is 1.54. The van der Waals surface area contributed by atoms with Gasteiger partial charge in [0.25, 0.3) is 0 Å². The molecule has 0 atom stereocenters. The van der Waals surface area contributed by atoms with Gasteiger partial charge in [-0.25, -0.2) is 0 Å². The van der Waals surface area contributed by atoms with Crippen LogP contribution in [0.2, 0.25) is 0 Å². The number of anilines is 1. The van der Waals surface area contributed by atoms with E-state index in [0.29, 0.717) is 5.00 Å². The molecule has 1 aromatic heterocycles. The Morgan fingerprint density at radius 3 is 2.33 bits per heavy atom. The van der Waals surface area contributed by atoms with Crippen LogP contribution in [0.3, 0.4) is 0 Å². The highest BCUT2D eigenvalue weighted by Gasteiger charge is 1.99. The van der Waals surface area contributed by atoms with Crippen LogP contribution < -0.4 is 15.5 Å². The van der Waals surface area contributed by atoms with Gasteiger partial charge in [0.2, 0.25) is 0 Å². The van der Waals surface area contributed by atoms with Gasteiger partial charge in [0, 0.05) is 16.7 Å². The summed E-state index contributed by atoms with van der Waals surface area (Å²) in [7, 11) is 0. The molecule has 6 heteroatoms. The Balaban J connectivity index is 2.78. The summed E-state index contributed by atoms with van der Waals surface area (Å²) < 4.78 is 0. The number of hydrogen-bond donors (Lipinski definition) is 1. The van der Waals surface area contributed by atoms with Crippen molar-refractivity contribution < 1.29 is 19.8 Å². The maximum Gasteiger partial charge on any atom is 0.0924 e. The van der Waals surface area contributed by atoms with Gasteiger partial charge in [0.05, 0.1) is 16.9 Å². The average molecular weight is 225 g/mol. The van der Waals surface area contributed by atoms with E-state index in [2.05, 4.69) is 5.32 Å². The van der Waals surface area contributed by atoms with E-state index in [-0.39, 0.29) is 0 Å². The summed E-state index contributed by atoms with van der Waals surface area (Å²) in [6.07, 6.45) is 0.843.